The van der Waals surface area contributed by atoms with Crippen LogP contribution in [0.15, 0.2) is 60.7 Å². The van der Waals surface area contributed by atoms with Crippen molar-refractivity contribution in [2.75, 3.05) is 17.2 Å². The summed E-state index contributed by atoms with van der Waals surface area (Å²) in [5, 5.41) is 8.63. The Bertz CT molecular complexity index is 706. The standard InChI is InChI=1S/C7H6O.C6H6O.C3H6N6.CH2O/c8-6-7-4-2-1-3-5-7;7-6-4-2-1-3-5-6;4-1-7-2(5)9-3(6)8-1;1-2/h1-6H;1-5,7H;(H6,4,5,6,7,8,9);1H2. The van der Waals surface area contributed by atoms with Gasteiger partial charge in [0.2, 0.25) is 17.8 Å². The van der Waals surface area contributed by atoms with E-state index < -0.39 is 0 Å². The number of hydrogen-bond acceptors (Lipinski definition) is 9. The molecule has 0 amide bonds. The number of phenols is 1. The van der Waals surface area contributed by atoms with Crippen LogP contribution in [-0.4, -0.2) is 33.1 Å². The molecule has 3 rings (SSSR count). The van der Waals surface area contributed by atoms with Gasteiger partial charge in [-0.15, -0.1) is 0 Å². The molecule has 0 bridgehead atoms. The lowest BCUT2D eigenvalue weighted by Crippen LogP contribution is -2.05. The Morgan fingerprint density at radius 2 is 1.08 bits per heavy atom. The highest BCUT2D eigenvalue weighted by Gasteiger charge is 1.93. The molecule has 0 atom stereocenters. The molecule has 9 heteroatoms. The Kier molecular flexibility index (Phi) is 11.4. The number of hydrogen-bond donors (Lipinski definition) is 4. The van der Waals surface area contributed by atoms with Crippen LogP contribution < -0.4 is 17.2 Å². The van der Waals surface area contributed by atoms with Gasteiger partial charge in [0, 0.05) is 5.56 Å². The number of para-hydroxylation sites is 1. The maximum Gasteiger partial charge on any atom is 0.226 e. The van der Waals surface area contributed by atoms with Crippen LogP contribution in [0.1, 0.15) is 10.4 Å². The molecule has 1 aromatic heterocycles. The van der Waals surface area contributed by atoms with Gasteiger partial charge in [0.25, 0.3) is 0 Å². The minimum Gasteiger partial charge on any atom is -0.508 e. The first-order valence-electron chi connectivity index (χ1n) is 7.07. The fourth-order valence-corrected chi connectivity index (χ4v) is 1.39. The van der Waals surface area contributed by atoms with Crippen molar-refractivity contribution in [3.63, 3.8) is 0 Å². The van der Waals surface area contributed by atoms with E-state index in [-0.39, 0.29) is 17.8 Å². The Balaban J connectivity index is 0.000000346. The second kappa shape index (κ2) is 13.4. The molecule has 0 aliphatic rings. The number of aldehydes is 1. The van der Waals surface area contributed by atoms with Crippen molar-refractivity contribution in [3.05, 3.63) is 66.2 Å². The molecule has 1 heterocycles. The van der Waals surface area contributed by atoms with Crippen molar-refractivity contribution in [3.8, 4) is 5.75 Å². The largest absolute Gasteiger partial charge is 0.508 e. The summed E-state index contributed by atoms with van der Waals surface area (Å²) in [4.78, 5) is 28.5. The van der Waals surface area contributed by atoms with Crippen LogP contribution >= 0.6 is 0 Å². The Morgan fingerprint density at radius 1 is 0.731 bits per heavy atom. The molecule has 2 aromatic carbocycles. The molecule has 0 spiro atoms. The smallest absolute Gasteiger partial charge is 0.226 e. The molecule has 0 unspecified atom stereocenters. The second-order valence-electron chi connectivity index (χ2n) is 4.27. The highest BCUT2D eigenvalue weighted by molar-refractivity contribution is 5.74. The first kappa shape index (κ1) is 22.0. The van der Waals surface area contributed by atoms with E-state index in [1.54, 1.807) is 36.4 Å². The van der Waals surface area contributed by atoms with Crippen molar-refractivity contribution in [2.45, 2.75) is 0 Å². The van der Waals surface area contributed by atoms with E-state index in [4.69, 9.17) is 27.1 Å². The third-order valence-corrected chi connectivity index (χ3v) is 2.38. The minimum absolute atomic E-state index is 0.0417. The number of anilines is 3. The van der Waals surface area contributed by atoms with E-state index >= 15 is 0 Å². The van der Waals surface area contributed by atoms with Crippen molar-refractivity contribution in [1.29, 1.82) is 0 Å². The van der Waals surface area contributed by atoms with Crippen LogP contribution in [-0.2, 0) is 4.79 Å². The third kappa shape index (κ3) is 10.7. The van der Waals surface area contributed by atoms with E-state index in [9.17, 15) is 4.79 Å². The summed E-state index contributed by atoms with van der Waals surface area (Å²) in [6.07, 6.45) is 0.833. The summed E-state index contributed by atoms with van der Waals surface area (Å²) in [7, 11) is 0. The topological polar surface area (TPSA) is 171 Å². The van der Waals surface area contributed by atoms with Crippen LogP contribution in [0.4, 0.5) is 17.8 Å². The van der Waals surface area contributed by atoms with E-state index in [1.807, 2.05) is 31.1 Å². The van der Waals surface area contributed by atoms with Gasteiger partial charge in [0.15, 0.2) is 0 Å². The number of nitrogens with zero attached hydrogens (tertiary/aromatic N) is 3. The number of nitrogen functional groups attached to an aromatic ring is 3. The number of benzene rings is 2. The summed E-state index contributed by atoms with van der Waals surface area (Å²) >= 11 is 0. The van der Waals surface area contributed by atoms with E-state index in [0.717, 1.165) is 11.8 Å². The lowest BCUT2D eigenvalue weighted by molar-refractivity contribution is -0.0980. The van der Waals surface area contributed by atoms with Gasteiger partial charge >= 0.3 is 0 Å². The number of carbonyl (C=O) groups excluding carboxylic acids is 2. The van der Waals surface area contributed by atoms with Gasteiger partial charge in [-0.25, -0.2) is 0 Å². The number of aromatic nitrogens is 3. The lowest BCUT2D eigenvalue weighted by Gasteiger charge is -1.93. The van der Waals surface area contributed by atoms with Crippen LogP contribution in [0.3, 0.4) is 0 Å². The van der Waals surface area contributed by atoms with Crippen LogP contribution in [0.2, 0.25) is 0 Å². The first-order valence-corrected chi connectivity index (χ1v) is 7.07. The highest BCUT2D eigenvalue weighted by atomic mass is 16.3. The van der Waals surface area contributed by atoms with Gasteiger partial charge in [-0.2, -0.15) is 15.0 Å². The predicted molar refractivity (Wildman–Crippen MR) is 100 cm³/mol. The molecule has 26 heavy (non-hydrogen) atoms. The minimum atomic E-state index is 0.0417. The molecular weight excluding hydrogens is 336 g/mol. The molecule has 7 N–H and O–H groups in total. The quantitative estimate of drug-likeness (QED) is 0.469. The van der Waals surface area contributed by atoms with Crippen LogP contribution in [0, 0.1) is 0 Å². The average Bonchev–Trinajstić information content (AvgIpc) is 2.65. The number of rotatable bonds is 1. The number of nitrogens with two attached hydrogens (primary N) is 3. The summed E-state index contributed by atoms with van der Waals surface area (Å²) in [6.45, 7) is 2.00. The molecule has 0 fully saturated rings. The van der Waals surface area contributed by atoms with Gasteiger partial charge in [-0.1, -0.05) is 48.5 Å². The molecule has 3 aromatic rings. The maximum absolute atomic E-state index is 10.0. The van der Waals surface area contributed by atoms with Crippen molar-refractivity contribution < 1.29 is 14.7 Å². The van der Waals surface area contributed by atoms with Crippen LogP contribution in [0.25, 0.3) is 0 Å². The zero-order chi connectivity index (χ0) is 19.8. The van der Waals surface area contributed by atoms with Gasteiger partial charge in [0.1, 0.15) is 18.8 Å². The Labute approximate surface area is 150 Å². The Morgan fingerprint density at radius 3 is 1.31 bits per heavy atom. The highest BCUT2D eigenvalue weighted by Crippen LogP contribution is 2.02. The summed E-state index contributed by atoms with van der Waals surface area (Å²) < 4.78 is 0. The molecule has 0 saturated heterocycles. The molecule has 136 valence electrons. The monoisotopic (exact) mass is 356 g/mol. The third-order valence-electron chi connectivity index (χ3n) is 2.38. The van der Waals surface area contributed by atoms with E-state index in [2.05, 4.69) is 15.0 Å². The Hall–Kier alpha value is -4.01. The second-order valence-corrected chi connectivity index (χ2v) is 4.27. The summed E-state index contributed by atoms with van der Waals surface area (Å²) in [5.74, 6) is 0.447. The SMILES string of the molecule is C=O.Nc1nc(N)nc(N)n1.O=Cc1ccccc1.Oc1ccccc1. The average molecular weight is 356 g/mol. The molecule has 9 nitrogen and oxygen atoms in total. The number of phenolic OH excluding ortho intramolecular Hbond substituents is 1. The molecule has 0 aliphatic heterocycles. The lowest BCUT2D eigenvalue weighted by atomic mass is 10.2. The molecular formula is C17H20N6O3. The zero-order valence-corrected chi connectivity index (χ0v) is 13.9. The van der Waals surface area contributed by atoms with E-state index in [1.165, 1.54) is 0 Å². The number of aromatic hydroxyl groups is 1. The van der Waals surface area contributed by atoms with Crippen molar-refractivity contribution in [2.24, 2.45) is 0 Å². The molecule has 0 saturated carbocycles. The van der Waals surface area contributed by atoms with Gasteiger partial charge in [0.05, 0.1) is 0 Å². The fourth-order valence-electron chi connectivity index (χ4n) is 1.39. The van der Waals surface area contributed by atoms with Crippen molar-refractivity contribution >= 4 is 30.9 Å². The fraction of sp³-hybridized carbons (Fsp3) is 0. The van der Waals surface area contributed by atoms with Crippen LogP contribution in [0.5, 0.6) is 5.75 Å². The van der Waals surface area contributed by atoms with E-state index in [0.29, 0.717) is 5.75 Å². The normalized spacial score (nSPS) is 8.31. The molecule has 0 aliphatic carbocycles. The number of carbonyl (C=O) groups is 2. The van der Waals surface area contributed by atoms with Gasteiger partial charge in [-0.05, 0) is 12.1 Å². The van der Waals surface area contributed by atoms with Gasteiger partial charge in [-0.3, -0.25) is 4.79 Å². The first-order chi connectivity index (χ1) is 12.5. The predicted octanol–water partition coefficient (Wildman–Crippen LogP) is 1.32. The van der Waals surface area contributed by atoms with Crippen molar-refractivity contribution in [1.82, 2.24) is 15.0 Å². The van der Waals surface area contributed by atoms with Gasteiger partial charge < -0.3 is 27.1 Å². The molecule has 0 radical (unpaired) electrons. The maximum atomic E-state index is 10.0. The summed E-state index contributed by atoms with van der Waals surface area (Å²) in [5.41, 5.74) is 16.1. The zero-order valence-electron chi connectivity index (χ0n) is 13.9. The summed E-state index contributed by atoms with van der Waals surface area (Å²) in [6, 6.07) is 17.8.